The number of ether oxygens (including phenoxy) is 1. The van der Waals surface area contributed by atoms with Gasteiger partial charge in [-0.1, -0.05) is 24.6 Å². The largest absolute Gasteiger partial charge is 0.492 e. The molecule has 16 heavy (non-hydrogen) atoms. The minimum Gasteiger partial charge on any atom is -0.492 e. The molecule has 0 saturated carbocycles. The van der Waals surface area contributed by atoms with E-state index in [0.717, 1.165) is 12.2 Å². The molecule has 0 saturated heterocycles. The molecule has 0 radical (unpaired) electrons. The smallest absolute Gasteiger partial charge is 0.153 e. The van der Waals surface area contributed by atoms with Crippen LogP contribution in [0.15, 0.2) is 24.3 Å². The summed E-state index contributed by atoms with van der Waals surface area (Å²) in [6.45, 7) is 4.23. The maximum absolute atomic E-state index is 11.4. The third kappa shape index (κ3) is 4.03. The van der Waals surface area contributed by atoms with Crippen LogP contribution in [-0.4, -0.2) is 18.4 Å². The van der Waals surface area contributed by atoms with E-state index in [4.69, 9.17) is 10.5 Å². The van der Waals surface area contributed by atoms with E-state index in [2.05, 4.69) is 0 Å². The molecule has 1 rings (SSSR count). The molecule has 1 atom stereocenters. The highest BCUT2D eigenvalue weighted by Gasteiger charge is 2.12. The quantitative estimate of drug-likeness (QED) is 0.800. The van der Waals surface area contributed by atoms with E-state index in [1.54, 1.807) is 0 Å². The van der Waals surface area contributed by atoms with Gasteiger partial charge >= 0.3 is 0 Å². The molecule has 88 valence electrons. The van der Waals surface area contributed by atoms with Crippen LogP contribution in [0.2, 0.25) is 0 Å². The molecule has 0 unspecified atom stereocenters. The number of Topliss-reactive ketones (excluding diaryl/α,β-unsaturated/α-hetero) is 1. The Balaban J connectivity index is 2.39. The Labute approximate surface area is 96.6 Å². The standard InChI is InChI=1S/C13H19NO2/c1-3-4-13(15)12(14)9-16-11-7-5-10(2)6-8-11/h5-8,12H,3-4,9,14H2,1-2H3/t12-/m1/s1. The lowest BCUT2D eigenvalue weighted by atomic mass is 10.1. The maximum atomic E-state index is 11.4. The summed E-state index contributed by atoms with van der Waals surface area (Å²) in [7, 11) is 0. The Morgan fingerprint density at radius 2 is 2.00 bits per heavy atom. The summed E-state index contributed by atoms with van der Waals surface area (Å²) in [6, 6.07) is 7.18. The number of carbonyl (C=O) groups is 1. The van der Waals surface area contributed by atoms with Gasteiger partial charge in [0, 0.05) is 6.42 Å². The predicted molar refractivity (Wildman–Crippen MR) is 64.6 cm³/mol. The van der Waals surface area contributed by atoms with E-state index in [1.165, 1.54) is 5.56 Å². The molecule has 0 amide bonds. The molecule has 1 aromatic rings. The van der Waals surface area contributed by atoms with Crippen molar-refractivity contribution in [3.05, 3.63) is 29.8 Å². The Morgan fingerprint density at radius 3 is 2.56 bits per heavy atom. The summed E-state index contributed by atoms with van der Waals surface area (Å²) < 4.78 is 5.44. The molecule has 2 N–H and O–H groups in total. The minimum absolute atomic E-state index is 0.0645. The van der Waals surface area contributed by atoms with E-state index >= 15 is 0 Å². The van der Waals surface area contributed by atoms with E-state index in [9.17, 15) is 4.79 Å². The Hall–Kier alpha value is -1.35. The molecule has 0 spiro atoms. The van der Waals surface area contributed by atoms with Crippen LogP contribution in [0.25, 0.3) is 0 Å². The topological polar surface area (TPSA) is 52.3 Å². The van der Waals surface area contributed by atoms with Crippen LogP contribution < -0.4 is 10.5 Å². The third-order valence-electron chi connectivity index (χ3n) is 2.36. The zero-order valence-electron chi connectivity index (χ0n) is 9.90. The zero-order chi connectivity index (χ0) is 12.0. The van der Waals surface area contributed by atoms with Crippen molar-refractivity contribution in [2.24, 2.45) is 5.73 Å². The summed E-state index contributed by atoms with van der Waals surface area (Å²) in [4.78, 5) is 11.4. The first-order valence-electron chi connectivity index (χ1n) is 5.61. The zero-order valence-corrected chi connectivity index (χ0v) is 9.90. The predicted octanol–water partition coefficient (Wildman–Crippen LogP) is 2.07. The van der Waals surface area contributed by atoms with E-state index in [1.807, 2.05) is 38.1 Å². The molecule has 0 fully saturated rings. The molecule has 3 heteroatoms. The van der Waals surface area contributed by atoms with E-state index < -0.39 is 6.04 Å². The Kier molecular flexibility index (Phi) is 4.99. The van der Waals surface area contributed by atoms with Crippen molar-refractivity contribution in [2.75, 3.05) is 6.61 Å². The molecule has 1 aromatic carbocycles. The van der Waals surface area contributed by atoms with Gasteiger partial charge in [-0.05, 0) is 25.5 Å². The second-order valence-electron chi connectivity index (χ2n) is 3.95. The first-order valence-corrected chi connectivity index (χ1v) is 5.61. The number of hydrogen-bond donors (Lipinski definition) is 1. The Bertz CT molecular complexity index is 332. The van der Waals surface area contributed by atoms with Gasteiger partial charge in [0.15, 0.2) is 5.78 Å². The number of benzene rings is 1. The van der Waals surface area contributed by atoms with Gasteiger partial charge in [0.2, 0.25) is 0 Å². The molecule has 0 aliphatic heterocycles. The summed E-state index contributed by atoms with van der Waals surface area (Å²) in [5, 5.41) is 0. The summed E-state index contributed by atoms with van der Waals surface area (Å²) in [5.41, 5.74) is 6.89. The second kappa shape index (κ2) is 6.28. The van der Waals surface area contributed by atoms with Gasteiger partial charge in [0.25, 0.3) is 0 Å². The summed E-state index contributed by atoms with van der Waals surface area (Å²) >= 11 is 0. The normalized spacial score (nSPS) is 12.2. The molecular weight excluding hydrogens is 202 g/mol. The van der Waals surface area contributed by atoms with Gasteiger partial charge in [-0.2, -0.15) is 0 Å². The van der Waals surface area contributed by atoms with Crippen LogP contribution in [0.5, 0.6) is 5.75 Å². The monoisotopic (exact) mass is 221 g/mol. The number of nitrogens with two attached hydrogens (primary N) is 1. The fourth-order valence-corrected chi connectivity index (χ4v) is 1.35. The highest BCUT2D eigenvalue weighted by atomic mass is 16.5. The highest BCUT2D eigenvalue weighted by molar-refractivity contribution is 5.83. The molecule has 0 aliphatic rings. The van der Waals surface area contributed by atoms with Crippen LogP contribution in [-0.2, 0) is 4.79 Å². The van der Waals surface area contributed by atoms with Crippen LogP contribution in [0.1, 0.15) is 25.3 Å². The number of carbonyl (C=O) groups excluding carboxylic acids is 1. The van der Waals surface area contributed by atoms with Crippen molar-refractivity contribution < 1.29 is 9.53 Å². The van der Waals surface area contributed by atoms with Crippen molar-refractivity contribution in [1.82, 2.24) is 0 Å². The van der Waals surface area contributed by atoms with Gasteiger partial charge in [0.1, 0.15) is 12.4 Å². The van der Waals surface area contributed by atoms with E-state index in [0.29, 0.717) is 6.42 Å². The number of ketones is 1. The van der Waals surface area contributed by atoms with Crippen LogP contribution in [0.3, 0.4) is 0 Å². The van der Waals surface area contributed by atoms with Gasteiger partial charge in [-0.3, -0.25) is 4.79 Å². The maximum Gasteiger partial charge on any atom is 0.153 e. The minimum atomic E-state index is -0.513. The van der Waals surface area contributed by atoms with E-state index in [-0.39, 0.29) is 12.4 Å². The van der Waals surface area contributed by atoms with Crippen molar-refractivity contribution in [3.63, 3.8) is 0 Å². The number of rotatable bonds is 6. The summed E-state index contributed by atoms with van der Waals surface area (Å²) in [6.07, 6.45) is 1.36. The van der Waals surface area contributed by atoms with Crippen molar-refractivity contribution >= 4 is 5.78 Å². The van der Waals surface area contributed by atoms with Crippen molar-refractivity contribution in [1.29, 1.82) is 0 Å². The lowest BCUT2D eigenvalue weighted by Gasteiger charge is -2.11. The van der Waals surface area contributed by atoms with Crippen LogP contribution in [0.4, 0.5) is 0 Å². The van der Waals surface area contributed by atoms with Crippen molar-refractivity contribution in [3.8, 4) is 5.75 Å². The molecule has 0 aliphatic carbocycles. The van der Waals surface area contributed by atoms with Gasteiger partial charge < -0.3 is 10.5 Å². The van der Waals surface area contributed by atoms with Crippen molar-refractivity contribution in [2.45, 2.75) is 32.7 Å². The highest BCUT2D eigenvalue weighted by Crippen LogP contribution is 2.11. The average Bonchev–Trinajstić information content (AvgIpc) is 2.28. The Morgan fingerprint density at radius 1 is 1.38 bits per heavy atom. The lowest BCUT2D eigenvalue weighted by Crippen LogP contribution is -2.36. The third-order valence-corrected chi connectivity index (χ3v) is 2.36. The molecule has 0 aromatic heterocycles. The first-order chi connectivity index (χ1) is 7.63. The first kappa shape index (κ1) is 12.7. The number of hydrogen-bond acceptors (Lipinski definition) is 3. The lowest BCUT2D eigenvalue weighted by molar-refractivity contribution is -0.120. The number of aryl methyl sites for hydroxylation is 1. The van der Waals surface area contributed by atoms with Gasteiger partial charge in [0.05, 0.1) is 6.04 Å². The SMILES string of the molecule is CCCC(=O)[C@H](N)COc1ccc(C)cc1. The molecule has 3 nitrogen and oxygen atoms in total. The molecule has 0 heterocycles. The fourth-order valence-electron chi connectivity index (χ4n) is 1.35. The summed E-state index contributed by atoms with van der Waals surface area (Å²) in [5.74, 6) is 0.819. The van der Waals surface area contributed by atoms with Crippen LogP contribution in [0, 0.1) is 6.92 Å². The fraction of sp³-hybridized carbons (Fsp3) is 0.462. The molecule has 0 bridgehead atoms. The van der Waals surface area contributed by atoms with Gasteiger partial charge in [-0.15, -0.1) is 0 Å². The average molecular weight is 221 g/mol. The van der Waals surface area contributed by atoms with Gasteiger partial charge in [-0.25, -0.2) is 0 Å². The molecular formula is C13H19NO2. The second-order valence-corrected chi connectivity index (χ2v) is 3.95. The van der Waals surface area contributed by atoms with Crippen LogP contribution >= 0.6 is 0 Å².